The smallest absolute Gasteiger partial charge is 0.0761 e. The first-order valence-electron chi connectivity index (χ1n) is 9.19. The average molecular weight is 367 g/mol. The minimum absolute atomic E-state index is 0.340. The Labute approximate surface area is 159 Å². The van der Waals surface area contributed by atoms with Gasteiger partial charge in [0, 0.05) is 41.8 Å². The number of likely N-dealkylation sites (tertiary alicyclic amines) is 1. The minimum Gasteiger partial charge on any atom is -0.373 e. The number of pyridine rings is 1. The van der Waals surface area contributed by atoms with E-state index in [4.69, 9.17) is 16.3 Å². The summed E-state index contributed by atoms with van der Waals surface area (Å²) in [6, 6.07) is 18.5. The Kier molecular flexibility index (Phi) is 5.49. The number of ether oxygens (including phenoxy) is 1. The van der Waals surface area contributed by atoms with Gasteiger partial charge in [0.1, 0.15) is 0 Å². The summed E-state index contributed by atoms with van der Waals surface area (Å²) in [5.41, 5.74) is 3.39. The molecule has 3 nitrogen and oxygen atoms in total. The maximum atomic E-state index is 6.48. The normalized spacial score (nSPS) is 16.2. The number of benzene rings is 2. The lowest BCUT2D eigenvalue weighted by atomic mass is 10.0. The van der Waals surface area contributed by atoms with Crippen LogP contribution in [-0.2, 0) is 17.9 Å². The number of hydrogen-bond donors (Lipinski definition) is 0. The SMILES string of the molecule is Clc1ccc2cccnc2c1CN1CCC(OCc2ccccc2)CC1. The predicted molar refractivity (Wildman–Crippen MR) is 106 cm³/mol. The molecule has 0 spiro atoms. The van der Waals surface area contributed by atoms with Crippen molar-refractivity contribution < 1.29 is 4.74 Å². The van der Waals surface area contributed by atoms with Crippen LogP contribution in [0.3, 0.4) is 0 Å². The van der Waals surface area contributed by atoms with E-state index in [-0.39, 0.29) is 0 Å². The summed E-state index contributed by atoms with van der Waals surface area (Å²) in [5, 5.41) is 1.95. The van der Waals surface area contributed by atoms with Crippen molar-refractivity contribution in [3.05, 3.63) is 76.9 Å². The molecule has 134 valence electrons. The number of halogens is 1. The van der Waals surface area contributed by atoms with Gasteiger partial charge >= 0.3 is 0 Å². The lowest BCUT2D eigenvalue weighted by Gasteiger charge is -2.32. The van der Waals surface area contributed by atoms with E-state index in [0.717, 1.165) is 54.0 Å². The Balaban J connectivity index is 1.35. The average Bonchev–Trinajstić information content (AvgIpc) is 2.70. The molecule has 0 amide bonds. The summed E-state index contributed by atoms with van der Waals surface area (Å²) in [6.07, 6.45) is 4.30. The fourth-order valence-electron chi connectivity index (χ4n) is 3.58. The van der Waals surface area contributed by atoms with Crippen LogP contribution in [0.25, 0.3) is 10.9 Å². The van der Waals surface area contributed by atoms with Gasteiger partial charge in [0.15, 0.2) is 0 Å². The Bertz CT molecular complexity index is 860. The van der Waals surface area contributed by atoms with Crippen molar-refractivity contribution >= 4 is 22.5 Å². The van der Waals surface area contributed by atoms with E-state index in [2.05, 4.69) is 40.2 Å². The van der Waals surface area contributed by atoms with Crippen LogP contribution in [0, 0.1) is 0 Å². The van der Waals surface area contributed by atoms with Crippen LogP contribution < -0.4 is 0 Å². The van der Waals surface area contributed by atoms with Crippen LogP contribution in [0.2, 0.25) is 5.02 Å². The molecular weight excluding hydrogens is 344 g/mol. The minimum atomic E-state index is 0.340. The second kappa shape index (κ2) is 8.17. The summed E-state index contributed by atoms with van der Waals surface area (Å²) in [7, 11) is 0. The lowest BCUT2D eigenvalue weighted by Crippen LogP contribution is -2.36. The van der Waals surface area contributed by atoms with Gasteiger partial charge in [-0.1, -0.05) is 54.1 Å². The molecular formula is C22H23ClN2O. The van der Waals surface area contributed by atoms with Gasteiger partial charge in [-0.25, -0.2) is 0 Å². The zero-order valence-electron chi connectivity index (χ0n) is 14.8. The monoisotopic (exact) mass is 366 g/mol. The van der Waals surface area contributed by atoms with Gasteiger partial charge in [-0.15, -0.1) is 0 Å². The maximum absolute atomic E-state index is 6.48. The van der Waals surface area contributed by atoms with Crippen molar-refractivity contribution in [2.45, 2.75) is 32.1 Å². The van der Waals surface area contributed by atoms with Gasteiger partial charge < -0.3 is 4.74 Å². The number of aromatic nitrogens is 1. The van der Waals surface area contributed by atoms with Crippen LogP contribution >= 0.6 is 11.6 Å². The summed E-state index contributed by atoms with van der Waals surface area (Å²) in [4.78, 5) is 7.01. The van der Waals surface area contributed by atoms with E-state index in [0.29, 0.717) is 12.7 Å². The summed E-state index contributed by atoms with van der Waals surface area (Å²) < 4.78 is 6.10. The molecule has 0 radical (unpaired) electrons. The molecule has 1 aliphatic heterocycles. The summed E-state index contributed by atoms with van der Waals surface area (Å²) in [6.45, 7) is 3.60. The highest BCUT2D eigenvalue weighted by Crippen LogP contribution is 2.27. The first-order chi connectivity index (χ1) is 12.8. The van der Waals surface area contributed by atoms with Crippen molar-refractivity contribution in [2.75, 3.05) is 13.1 Å². The lowest BCUT2D eigenvalue weighted by molar-refractivity contribution is -0.00387. The highest BCUT2D eigenvalue weighted by atomic mass is 35.5. The van der Waals surface area contributed by atoms with E-state index >= 15 is 0 Å². The van der Waals surface area contributed by atoms with E-state index in [1.54, 1.807) is 0 Å². The fraction of sp³-hybridized carbons (Fsp3) is 0.318. The third kappa shape index (κ3) is 4.07. The van der Waals surface area contributed by atoms with Crippen LogP contribution in [0.15, 0.2) is 60.8 Å². The summed E-state index contributed by atoms with van der Waals surface area (Å²) >= 11 is 6.48. The molecule has 0 atom stereocenters. The fourth-order valence-corrected chi connectivity index (χ4v) is 3.79. The van der Waals surface area contributed by atoms with Gasteiger partial charge in [-0.2, -0.15) is 0 Å². The van der Waals surface area contributed by atoms with Gasteiger partial charge in [0.25, 0.3) is 0 Å². The molecule has 1 fully saturated rings. The topological polar surface area (TPSA) is 25.4 Å². The van der Waals surface area contributed by atoms with E-state index < -0.39 is 0 Å². The van der Waals surface area contributed by atoms with Crippen LogP contribution in [0.4, 0.5) is 0 Å². The van der Waals surface area contributed by atoms with Crippen LogP contribution in [0.1, 0.15) is 24.0 Å². The Hall–Kier alpha value is -1.94. The first kappa shape index (κ1) is 17.5. The van der Waals surface area contributed by atoms with Crippen molar-refractivity contribution in [3.8, 4) is 0 Å². The Morgan fingerprint density at radius 1 is 1.00 bits per heavy atom. The van der Waals surface area contributed by atoms with Gasteiger partial charge in [-0.05, 0) is 30.5 Å². The standard InChI is InChI=1S/C22H23ClN2O/c23-21-9-8-18-7-4-12-24-22(18)20(21)15-25-13-10-19(11-14-25)26-16-17-5-2-1-3-6-17/h1-9,12,19H,10-11,13-16H2. The van der Waals surface area contributed by atoms with Crippen LogP contribution in [0.5, 0.6) is 0 Å². The number of rotatable bonds is 5. The van der Waals surface area contributed by atoms with Gasteiger partial charge in [0.05, 0.1) is 18.2 Å². The second-order valence-corrected chi connectivity index (χ2v) is 7.28. The van der Waals surface area contributed by atoms with Gasteiger partial charge in [-0.3, -0.25) is 9.88 Å². The molecule has 0 bridgehead atoms. The third-order valence-corrected chi connectivity index (χ3v) is 5.42. The van der Waals surface area contributed by atoms with Crippen molar-refractivity contribution in [1.82, 2.24) is 9.88 Å². The molecule has 4 rings (SSSR count). The molecule has 2 aromatic carbocycles. The molecule has 1 saturated heterocycles. The second-order valence-electron chi connectivity index (χ2n) is 6.87. The molecule has 0 saturated carbocycles. The third-order valence-electron chi connectivity index (χ3n) is 5.07. The number of piperidine rings is 1. The molecule has 0 unspecified atom stereocenters. The number of nitrogens with zero attached hydrogens (tertiary/aromatic N) is 2. The highest BCUT2D eigenvalue weighted by Gasteiger charge is 2.21. The molecule has 2 heterocycles. The van der Waals surface area contributed by atoms with E-state index in [9.17, 15) is 0 Å². The van der Waals surface area contributed by atoms with Crippen LogP contribution in [-0.4, -0.2) is 29.1 Å². The molecule has 1 aliphatic rings. The Morgan fingerprint density at radius 3 is 2.62 bits per heavy atom. The molecule has 3 aromatic rings. The predicted octanol–water partition coefficient (Wildman–Crippen LogP) is 5.07. The molecule has 0 aliphatic carbocycles. The molecule has 4 heteroatoms. The molecule has 0 N–H and O–H groups in total. The first-order valence-corrected chi connectivity index (χ1v) is 9.57. The van der Waals surface area contributed by atoms with Crippen molar-refractivity contribution in [2.24, 2.45) is 0 Å². The highest BCUT2D eigenvalue weighted by molar-refractivity contribution is 6.32. The largest absolute Gasteiger partial charge is 0.373 e. The quantitative estimate of drug-likeness (QED) is 0.630. The zero-order chi connectivity index (χ0) is 17.8. The van der Waals surface area contributed by atoms with E-state index in [1.165, 1.54) is 5.56 Å². The Morgan fingerprint density at radius 2 is 1.81 bits per heavy atom. The molecule has 26 heavy (non-hydrogen) atoms. The number of fused-ring (bicyclic) bond motifs is 1. The van der Waals surface area contributed by atoms with Gasteiger partial charge in [0.2, 0.25) is 0 Å². The van der Waals surface area contributed by atoms with Crippen molar-refractivity contribution in [1.29, 1.82) is 0 Å². The maximum Gasteiger partial charge on any atom is 0.0761 e. The van der Waals surface area contributed by atoms with Crippen molar-refractivity contribution in [3.63, 3.8) is 0 Å². The number of hydrogen-bond acceptors (Lipinski definition) is 3. The molecule has 1 aromatic heterocycles. The zero-order valence-corrected chi connectivity index (χ0v) is 15.5. The van der Waals surface area contributed by atoms with E-state index in [1.807, 2.05) is 30.5 Å². The summed E-state index contributed by atoms with van der Waals surface area (Å²) in [5.74, 6) is 0.